The minimum absolute atomic E-state index is 0.145. The van der Waals surface area contributed by atoms with Crippen molar-refractivity contribution in [1.29, 1.82) is 0 Å². The minimum Gasteiger partial charge on any atom is -0.478 e. The number of rotatable bonds is 11. The lowest BCUT2D eigenvalue weighted by Crippen LogP contribution is -2.46. The fourth-order valence-electron chi connectivity index (χ4n) is 3.13. The zero-order chi connectivity index (χ0) is 23.0. The number of aldehydes is 1. The molecule has 1 unspecified atom stereocenters. The number of carboxylic acids is 1. The van der Waals surface area contributed by atoms with Gasteiger partial charge in [0.15, 0.2) is 0 Å². The van der Waals surface area contributed by atoms with Crippen LogP contribution in [0.1, 0.15) is 23.2 Å². The summed E-state index contributed by atoms with van der Waals surface area (Å²) in [6.07, 6.45) is 1.65. The zero-order valence-corrected chi connectivity index (χ0v) is 17.7. The van der Waals surface area contributed by atoms with Gasteiger partial charge in [0, 0.05) is 38.9 Å². The third kappa shape index (κ3) is 5.81. The van der Waals surface area contributed by atoms with Gasteiger partial charge >= 0.3 is 5.97 Å². The summed E-state index contributed by atoms with van der Waals surface area (Å²) in [6, 6.07) is 10.8. The molecule has 2 amide bonds. The largest absolute Gasteiger partial charge is 0.478 e. The molecule has 0 bridgehead atoms. The third-order valence-electron chi connectivity index (χ3n) is 4.71. The van der Waals surface area contributed by atoms with Gasteiger partial charge in [0.2, 0.25) is 12.3 Å². The number of benzene rings is 2. The first-order valence-corrected chi connectivity index (χ1v) is 9.63. The molecule has 31 heavy (non-hydrogen) atoms. The van der Waals surface area contributed by atoms with Gasteiger partial charge in [0.25, 0.3) is 0 Å². The number of hydrogen-bond donors (Lipinski definition) is 3. The second-order valence-electron chi connectivity index (χ2n) is 6.99. The zero-order valence-electron chi connectivity index (χ0n) is 17.7. The molecule has 0 aliphatic carbocycles. The molecule has 9 heteroatoms. The first kappa shape index (κ1) is 23.4. The summed E-state index contributed by atoms with van der Waals surface area (Å²) in [5, 5.41) is 14.8. The number of aromatic carboxylic acids is 1. The lowest BCUT2D eigenvalue weighted by molar-refractivity contribution is -0.123. The number of carbonyl (C=O) groups excluding carboxylic acids is 3. The molecule has 0 aromatic heterocycles. The highest BCUT2D eigenvalue weighted by Gasteiger charge is 2.27. The molecule has 0 heterocycles. The predicted octanol–water partition coefficient (Wildman–Crippen LogP) is 2.25. The van der Waals surface area contributed by atoms with Gasteiger partial charge in [-0.1, -0.05) is 0 Å². The molecule has 1 atom stereocenters. The van der Waals surface area contributed by atoms with E-state index in [0.717, 1.165) is 0 Å². The number of carboxylic acid groups (broad SMARTS) is 1. The molecule has 2 rings (SSSR count). The molecule has 0 spiro atoms. The molecule has 2 aromatic carbocycles. The van der Waals surface area contributed by atoms with Crippen LogP contribution in [-0.4, -0.2) is 56.9 Å². The first-order valence-electron chi connectivity index (χ1n) is 9.63. The van der Waals surface area contributed by atoms with Crippen molar-refractivity contribution in [3.05, 3.63) is 48.0 Å². The van der Waals surface area contributed by atoms with Crippen LogP contribution in [0.4, 0.5) is 22.7 Å². The molecule has 0 radical (unpaired) electrons. The molecule has 0 fully saturated rings. The Morgan fingerprint density at radius 2 is 1.68 bits per heavy atom. The maximum Gasteiger partial charge on any atom is 0.335 e. The summed E-state index contributed by atoms with van der Waals surface area (Å²) in [7, 11) is 5.11. The number of likely N-dealkylation sites (N-methyl/N-ethyl adjacent to an activating group) is 1. The number of anilines is 4. The van der Waals surface area contributed by atoms with Crippen LogP contribution in [-0.2, 0) is 14.4 Å². The number of nitrogens with zero attached hydrogens (tertiary/aromatic N) is 2. The highest BCUT2D eigenvalue weighted by Crippen LogP contribution is 2.33. The molecule has 0 saturated heterocycles. The summed E-state index contributed by atoms with van der Waals surface area (Å²) in [4.78, 5) is 49.3. The van der Waals surface area contributed by atoms with Crippen LogP contribution in [0.15, 0.2) is 42.5 Å². The maximum absolute atomic E-state index is 12.4. The fraction of sp³-hybridized carbons (Fsp3) is 0.273. The van der Waals surface area contributed by atoms with Crippen LogP contribution in [0.25, 0.3) is 0 Å². The van der Waals surface area contributed by atoms with Gasteiger partial charge in [-0.05, 0) is 48.9 Å². The van der Waals surface area contributed by atoms with Crippen LogP contribution < -0.4 is 20.4 Å². The summed E-state index contributed by atoms with van der Waals surface area (Å²) >= 11 is 0. The summed E-state index contributed by atoms with van der Waals surface area (Å²) < 4.78 is 0. The van der Waals surface area contributed by atoms with Crippen molar-refractivity contribution in [2.45, 2.75) is 18.9 Å². The Morgan fingerprint density at radius 3 is 2.19 bits per heavy atom. The Hall–Kier alpha value is -3.88. The van der Waals surface area contributed by atoms with E-state index in [4.69, 9.17) is 5.11 Å². The predicted molar refractivity (Wildman–Crippen MR) is 119 cm³/mol. The van der Waals surface area contributed by atoms with Gasteiger partial charge < -0.3 is 30.3 Å². The topological polar surface area (TPSA) is 119 Å². The summed E-state index contributed by atoms with van der Waals surface area (Å²) in [6.45, 7) is 0. The third-order valence-corrected chi connectivity index (χ3v) is 4.71. The van der Waals surface area contributed by atoms with Crippen molar-refractivity contribution in [1.82, 2.24) is 5.32 Å². The molecule has 0 aliphatic rings. The fourth-order valence-corrected chi connectivity index (χ4v) is 3.13. The smallest absolute Gasteiger partial charge is 0.335 e. The molecular weight excluding hydrogens is 400 g/mol. The van der Waals surface area contributed by atoms with E-state index in [-0.39, 0.29) is 24.3 Å². The number of amides is 2. The Labute approximate surface area is 180 Å². The van der Waals surface area contributed by atoms with Gasteiger partial charge in [0.05, 0.1) is 16.9 Å². The molecule has 2 aromatic rings. The van der Waals surface area contributed by atoms with Gasteiger partial charge in [-0.25, -0.2) is 4.79 Å². The van der Waals surface area contributed by atoms with E-state index in [1.54, 1.807) is 24.3 Å². The lowest BCUT2D eigenvalue weighted by atomic mass is 10.1. The van der Waals surface area contributed by atoms with Gasteiger partial charge in [-0.2, -0.15) is 0 Å². The Bertz CT molecular complexity index is 943. The van der Waals surface area contributed by atoms with Crippen molar-refractivity contribution in [2.24, 2.45) is 0 Å². The minimum atomic E-state index is -1.000. The maximum atomic E-state index is 12.4. The number of nitrogens with one attached hydrogen (secondary N) is 2. The van der Waals surface area contributed by atoms with Crippen molar-refractivity contribution < 1.29 is 24.3 Å². The van der Waals surface area contributed by atoms with Gasteiger partial charge in [-0.15, -0.1) is 0 Å². The van der Waals surface area contributed by atoms with E-state index in [2.05, 4.69) is 10.6 Å². The van der Waals surface area contributed by atoms with Crippen LogP contribution in [0.2, 0.25) is 0 Å². The molecular formula is C22H26N4O5. The van der Waals surface area contributed by atoms with Crippen molar-refractivity contribution in [3.63, 3.8) is 0 Å². The van der Waals surface area contributed by atoms with Crippen molar-refractivity contribution in [2.75, 3.05) is 36.3 Å². The molecule has 164 valence electrons. The van der Waals surface area contributed by atoms with E-state index in [9.17, 15) is 19.2 Å². The molecule has 0 aliphatic heterocycles. The monoisotopic (exact) mass is 426 g/mol. The van der Waals surface area contributed by atoms with Gasteiger partial charge in [-0.3, -0.25) is 9.59 Å². The van der Waals surface area contributed by atoms with E-state index < -0.39 is 12.0 Å². The second kappa shape index (κ2) is 10.8. The van der Waals surface area contributed by atoms with Crippen molar-refractivity contribution >= 4 is 47.3 Å². The van der Waals surface area contributed by atoms with Crippen molar-refractivity contribution in [3.8, 4) is 0 Å². The number of hydrogen-bond acceptors (Lipinski definition) is 6. The van der Waals surface area contributed by atoms with Crippen LogP contribution in [0, 0.1) is 0 Å². The van der Waals surface area contributed by atoms with E-state index in [1.807, 2.05) is 25.1 Å². The first-order chi connectivity index (χ1) is 14.8. The summed E-state index contributed by atoms with van der Waals surface area (Å²) in [5.41, 5.74) is 2.80. The van der Waals surface area contributed by atoms with Crippen LogP contribution in [0.5, 0.6) is 0 Å². The number of carbonyl (C=O) groups is 4. The SMILES string of the molecule is CNC(=O)C(CCC=O)N(C=O)c1ccc(Nc2ccc(C(=O)O)cc2)cc1N(C)C. The molecule has 3 N–H and O–H groups in total. The molecule has 0 saturated carbocycles. The highest BCUT2D eigenvalue weighted by molar-refractivity contribution is 5.95. The summed E-state index contributed by atoms with van der Waals surface area (Å²) in [5.74, 6) is -1.36. The standard InChI is InChI=1S/C22H26N4O5/c1-23-21(29)19(5-4-12-27)26(14-28)18-11-10-17(13-20(18)25(2)3)24-16-8-6-15(7-9-16)22(30)31/h6-14,19,24H,4-5H2,1-3H3,(H,23,29)(H,30,31). The normalized spacial score (nSPS) is 11.2. The Morgan fingerprint density at radius 1 is 1.03 bits per heavy atom. The Balaban J connectivity index is 2.39. The average Bonchev–Trinajstić information content (AvgIpc) is 2.76. The van der Waals surface area contributed by atoms with E-state index >= 15 is 0 Å². The van der Waals surface area contributed by atoms with Crippen LogP contribution >= 0.6 is 0 Å². The highest BCUT2D eigenvalue weighted by atomic mass is 16.4. The Kier molecular flexibility index (Phi) is 8.13. The van der Waals surface area contributed by atoms with Crippen LogP contribution in [0.3, 0.4) is 0 Å². The second-order valence-corrected chi connectivity index (χ2v) is 6.99. The average molecular weight is 426 g/mol. The lowest BCUT2D eigenvalue weighted by Gasteiger charge is -2.30. The van der Waals surface area contributed by atoms with E-state index in [0.29, 0.717) is 35.4 Å². The van der Waals surface area contributed by atoms with E-state index in [1.165, 1.54) is 24.1 Å². The quantitative estimate of drug-likeness (QED) is 0.472. The molecule has 9 nitrogen and oxygen atoms in total. The van der Waals surface area contributed by atoms with Gasteiger partial charge in [0.1, 0.15) is 12.3 Å².